The number of thiophene rings is 1. The van der Waals surface area contributed by atoms with Crippen molar-refractivity contribution in [3.05, 3.63) is 45.3 Å². The maximum atomic E-state index is 13.0. The molecule has 0 spiro atoms. The van der Waals surface area contributed by atoms with Gasteiger partial charge in [0.15, 0.2) is 0 Å². The van der Waals surface area contributed by atoms with Crippen LogP contribution in [0.15, 0.2) is 24.3 Å². The van der Waals surface area contributed by atoms with Gasteiger partial charge in [-0.05, 0) is 50.3 Å². The minimum absolute atomic E-state index is 0.104. The molecule has 2 amide bonds. The topological polar surface area (TPSA) is 84.5 Å². The highest BCUT2D eigenvalue weighted by molar-refractivity contribution is 7.17. The van der Waals surface area contributed by atoms with Gasteiger partial charge in [-0.15, -0.1) is 11.3 Å². The average Bonchev–Trinajstić information content (AvgIpc) is 3.01. The number of rotatable bonds is 4. The van der Waals surface area contributed by atoms with Gasteiger partial charge < -0.3 is 15.4 Å². The van der Waals surface area contributed by atoms with Crippen LogP contribution in [0.25, 0.3) is 0 Å². The van der Waals surface area contributed by atoms with Gasteiger partial charge in [0.2, 0.25) is 0 Å². The van der Waals surface area contributed by atoms with Gasteiger partial charge >= 0.3 is 11.9 Å². The number of hydrogen-bond acceptors (Lipinski definition) is 5. The van der Waals surface area contributed by atoms with Gasteiger partial charge in [0.1, 0.15) is 5.00 Å². The van der Waals surface area contributed by atoms with E-state index in [1.54, 1.807) is 31.2 Å². The number of carbonyl (C=O) groups excluding carboxylic acids is 3. The van der Waals surface area contributed by atoms with Gasteiger partial charge in [0.25, 0.3) is 5.91 Å². The molecule has 6 nitrogen and oxygen atoms in total. The summed E-state index contributed by atoms with van der Waals surface area (Å²) in [4.78, 5) is 37.8. The van der Waals surface area contributed by atoms with Crippen LogP contribution in [-0.2, 0) is 27.2 Å². The van der Waals surface area contributed by atoms with Crippen molar-refractivity contribution in [3.63, 3.8) is 0 Å². The molecule has 0 radical (unpaired) electrons. The zero-order chi connectivity index (χ0) is 19.4. The lowest BCUT2D eigenvalue weighted by Crippen LogP contribution is -2.26. The summed E-state index contributed by atoms with van der Waals surface area (Å²) in [5.74, 6) is -2.22. The molecule has 1 heterocycles. The maximum absolute atomic E-state index is 13.0. The molecule has 142 valence electrons. The Kier molecular flexibility index (Phi) is 6.13. The molecule has 8 heteroatoms. The number of esters is 1. The summed E-state index contributed by atoms with van der Waals surface area (Å²) in [6.45, 7) is 1.73. The van der Waals surface area contributed by atoms with Gasteiger partial charge in [0.05, 0.1) is 22.9 Å². The Morgan fingerprint density at radius 3 is 2.63 bits per heavy atom. The van der Waals surface area contributed by atoms with Crippen LogP contribution >= 0.6 is 22.9 Å². The summed E-state index contributed by atoms with van der Waals surface area (Å²) >= 11 is 7.47. The van der Waals surface area contributed by atoms with Gasteiger partial charge in [0, 0.05) is 4.88 Å². The van der Waals surface area contributed by atoms with E-state index >= 15 is 0 Å². The molecule has 1 aliphatic carbocycles. The quantitative estimate of drug-likeness (QED) is 0.593. The molecule has 0 unspecified atom stereocenters. The van der Waals surface area contributed by atoms with Crippen molar-refractivity contribution in [2.45, 2.75) is 32.6 Å². The molecule has 0 atom stereocenters. The van der Waals surface area contributed by atoms with Crippen molar-refractivity contribution in [1.29, 1.82) is 0 Å². The average molecular weight is 407 g/mol. The Morgan fingerprint density at radius 1 is 1.15 bits per heavy atom. The van der Waals surface area contributed by atoms with E-state index in [1.807, 2.05) is 0 Å². The summed E-state index contributed by atoms with van der Waals surface area (Å²) in [5.41, 5.74) is 1.81. The lowest BCUT2D eigenvalue weighted by atomic mass is 9.95. The largest absolute Gasteiger partial charge is 0.459 e. The molecular weight excluding hydrogens is 388 g/mol. The fourth-order valence-corrected chi connectivity index (χ4v) is 4.46. The molecule has 0 fully saturated rings. The van der Waals surface area contributed by atoms with Crippen molar-refractivity contribution in [2.75, 3.05) is 17.2 Å². The second-order valence-corrected chi connectivity index (χ2v) is 7.54. The van der Waals surface area contributed by atoms with Crippen LogP contribution in [0.2, 0.25) is 5.02 Å². The number of para-hydroxylation sites is 1. The Balaban J connectivity index is 1.91. The zero-order valence-corrected chi connectivity index (χ0v) is 16.3. The number of nitrogens with one attached hydrogen (secondary N) is 2. The van der Waals surface area contributed by atoms with E-state index in [4.69, 9.17) is 16.3 Å². The molecule has 2 aromatic rings. The number of ether oxygens (including phenoxy) is 1. The van der Waals surface area contributed by atoms with Crippen LogP contribution in [-0.4, -0.2) is 24.4 Å². The monoisotopic (exact) mass is 406 g/mol. The van der Waals surface area contributed by atoms with Crippen molar-refractivity contribution in [2.24, 2.45) is 0 Å². The molecule has 0 bridgehead atoms. The molecule has 1 aromatic carbocycles. The molecule has 1 aromatic heterocycles. The van der Waals surface area contributed by atoms with E-state index < -0.39 is 11.9 Å². The molecule has 0 aliphatic heterocycles. The van der Waals surface area contributed by atoms with Crippen LogP contribution in [0.5, 0.6) is 0 Å². The minimum Gasteiger partial charge on any atom is -0.459 e. The predicted molar refractivity (Wildman–Crippen MR) is 106 cm³/mol. The number of halogens is 1. The standard InChI is InChI=1S/C19H19ClN2O4S/c1-2-26-19(25)17(24)22-18-15(11-7-3-6-10-14(11)27-18)16(23)21-13-9-5-4-8-12(13)20/h4-5,8-9H,2-3,6-7,10H2,1H3,(H,21,23)(H,22,24). The first-order chi connectivity index (χ1) is 13.0. The highest BCUT2D eigenvalue weighted by Crippen LogP contribution is 2.38. The summed E-state index contributed by atoms with van der Waals surface area (Å²) < 4.78 is 4.73. The van der Waals surface area contributed by atoms with Crippen LogP contribution in [0.4, 0.5) is 10.7 Å². The number of carbonyl (C=O) groups is 3. The van der Waals surface area contributed by atoms with Crippen LogP contribution in [0, 0.1) is 0 Å². The lowest BCUT2D eigenvalue weighted by molar-refractivity contribution is -0.152. The first-order valence-electron chi connectivity index (χ1n) is 8.69. The van der Waals surface area contributed by atoms with E-state index in [1.165, 1.54) is 11.3 Å². The Labute approximate surface area is 165 Å². The Hall–Kier alpha value is -2.38. The van der Waals surface area contributed by atoms with E-state index in [9.17, 15) is 14.4 Å². The maximum Gasteiger partial charge on any atom is 0.397 e. The Bertz CT molecular complexity index is 894. The second-order valence-electron chi connectivity index (χ2n) is 6.02. The number of anilines is 2. The first-order valence-corrected chi connectivity index (χ1v) is 9.89. The highest BCUT2D eigenvalue weighted by Gasteiger charge is 2.28. The van der Waals surface area contributed by atoms with E-state index in [0.29, 0.717) is 21.3 Å². The number of amides is 2. The van der Waals surface area contributed by atoms with Crippen molar-refractivity contribution >= 4 is 51.4 Å². The third-order valence-electron chi connectivity index (χ3n) is 4.21. The van der Waals surface area contributed by atoms with Crippen molar-refractivity contribution in [1.82, 2.24) is 0 Å². The van der Waals surface area contributed by atoms with Crippen LogP contribution < -0.4 is 10.6 Å². The summed E-state index contributed by atoms with van der Waals surface area (Å²) in [5, 5.41) is 6.13. The third-order valence-corrected chi connectivity index (χ3v) is 5.75. The van der Waals surface area contributed by atoms with Gasteiger partial charge in [-0.2, -0.15) is 0 Å². The lowest BCUT2D eigenvalue weighted by Gasteiger charge is -2.13. The molecular formula is C19H19ClN2O4S. The van der Waals surface area contributed by atoms with E-state index in [-0.39, 0.29) is 12.5 Å². The summed E-state index contributed by atoms with van der Waals surface area (Å²) in [6.07, 6.45) is 3.61. The normalized spacial score (nSPS) is 12.8. The summed E-state index contributed by atoms with van der Waals surface area (Å²) in [7, 11) is 0. The molecule has 0 saturated carbocycles. The van der Waals surface area contributed by atoms with E-state index in [0.717, 1.165) is 36.1 Å². The Morgan fingerprint density at radius 2 is 1.89 bits per heavy atom. The number of hydrogen-bond donors (Lipinski definition) is 2. The van der Waals surface area contributed by atoms with Gasteiger partial charge in [-0.3, -0.25) is 9.59 Å². The van der Waals surface area contributed by atoms with Crippen molar-refractivity contribution in [3.8, 4) is 0 Å². The summed E-state index contributed by atoms with van der Waals surface area (Å²) in [6, 6.07) is 6.93. The third kappa shape index (κ3) is 4.31. The molecule has 2 N–H and O–H groups in total. The number of benzene rings is 1. The zero-order valence-electron chi connectivity index (χ0n) is 14.8. The highest BCUT2D eigenvalue weighted by atomic mass is 35.5. The fraction of sp³-hybridized carbons (Fsp3) is 0.316. The molecule has 27 heavy (non-hydrogen) atoms. The van der Waals surface area contributed by atoms with Crippen LogP contribution in [0.3, 0.4) is 0 Å². The second kappa shape index (κ2) is 8.54. The van der Waals surface area contributed by atoms with E-state index in [2.05, 4.69) is 10.6 Å². The van der Waals surface area contributed by atoms with Gasteiger partial charge in [-0.1, -0.05) is 23.7 Å². The smallest absolute Gasteiger partial charge is 0.397 e. The SMILES string of the molecule is CCOC(=O)C(=O)Nc1sc2c(c1C(=O)Nc1ccccc1Cl)CCCC2. The number of aryl methyl sites for hydroxylation is 1. The van der Waals surface area contributed by atoms with Crippen molar-refractivity contribution < 1.29 is 19.1 Å². The molecule has 3 rings (SSSR count). The van der Waals surface area contributed by atoms with Gasteiger partial charge in [-0.25, -0.2) is 4.79 Å². The minimum atomic E-state index is -0.971. The first kappa shape index (κ1) is 19.4. The fourth-order valence-electron chi connectivity index (χ4n) is 2.99. The number of fused-ring (bicyclic) bond motifs is 1. The molecule has 1 aliphatic rings. The predicted octanol–water partition coefficient (Wildman–Crippen LogP) is 4.03. The van der Waals surface area contributed by atoms with Crippen LogP contribution in [0.1, 0.15) is 40.6 Å². The molecule has 0 saturated heterocycles.